The average molecular weight is 325 g/mol. The topological polar surface area (TPSA) is 75.6 Å². The van der Waals surface area contributed by atoms with Crippen LogP contribution in [0.1, 0.15) is 17.5 Å². The first-order valence-corrected chi connectivity index (χ1v) is 7.75. The molecule has 24 heavy (non-hydrogen) atoms. The van der Waals surface area contributed by atoms with Crippen molar-refractivity contribution in [3.63, 3.8) is 0 Å². The minimum atomic E-state index is -1.11. The Morgan fingerprint density at radius 3 is 2.42 bits per heavy atom. The highest BCUT2D eigenvalue weighted by molar-refractivity contribution is 6.03. The van der Waals surface area contributed by atoms with E-state index in [1.165, 1.54) is 0 Å². The zero-order chi connectivity index (χ0) is 17.2. The van der Waals surface area contributed by atoms with Gasteiger partial charge in [-0.05, 0) is 29.7 Å². The number of hydrogen-bond acceptors (Lipinski definition) is 3. The van der Waals surface area contributed by atoms with Crippen LogP contribution in [0.25, 0.3) is 0 Å². The molecule has 0 saturated heterocycles. The summed E-state index contributed by atoms with van der Waals surface area (Å²) in [6, 6.07) is 16.3. The van der Waals surface area contributed by atoms with Gasteiger partial charge < -0.3 is 15.2 Å². The summed E-state index contributed by atoms with van der Waals surface area (Å²) in [4.78, 5) is 24.3. The van der Waals surface area contributed by atoms with E-state index in [1.807, 2.05) is 18.2 Å². The molecule has 124 valence electrons. The van der Waals surface area contributed by atoms with Crippen LogP contribution in [-0.2, 0) is 26.3 Å². The van der Waals surface area contributed by atoms with Crippen molar-refractivity contribution in [2.24, 2.45) is 5.92 Å². The van der Waals surface area contributed by atoms with E-state index in [9.17, 15) is 14.7 Å². The van der Waals surface area contributed by atoms with Gasteiger partial charge in [-0.2, -0.15) is 0 Å². The number of ether oxygens (including phenoxy) is 1. The molecule has 0 unspecified atom stereocenters. The van der Waals surface area contributed by atoms with E-state index >= 15 is 0 Å². The van der Waals surface area contributed by atoms with Crippen LogP contribution in [0.5, 0.6) is 0 Å². The number of carboxylic acid groups (broad SMARTS) is 1. The molecule has 1 saturated carbocycles. The van der Waals surface area contributed by atoms with Gasteiger partial charge >= 0.3 is 5.97 Å². The monoisotopic (exact) mass is 325 g/mol. The van der Waals surface area contributed by atoms with Gasteiger partial charge in [0.15, 0.2) is 0 Å². The number of amides is 1. The minimum absolute atomic E-state index is 0.263. The molecule has 2 aromatic carbocycles. The highest BCUT2D eigenvalue weighted by atomic mass is 16.5. The van der Waals surface area contributed by atoms with Gasteiger partial charge in [0.2, 0.25) is 5.91 Å². The lowest BCUT2D eigenvalue weighted by Crippen LogP contribution is -2.28. The molecule has 0 radical (unpaired) electrons. The summed E-state index contributed by atoms with van der Waals surface area (Å²) in [6.07, 6.45) is 0.319. The maximum Gasteiger partial charge on any atom is 0.314 e. The van der Waals surface area contributed by atoms with Crippen molar-refractivity contribution in [1.82, 2.24) is 0 Å². The molecule has 1 aliphatic carbocycles. The number of nitrogens with one attached hydrogen (secondary N) is 1. The largest absolute Gasteiger partial charge is 0.481 e. The van der Waals surface area contributed by atoms with Crippen molar-refractivity contribution in [1.29, 1.82) is 0 Å². The van der Waals surface area contributed by atoms with Gasteiger partial charge in [-0.25, -0.2) is 0 Å². The second-order valence-corrected chi connectivity index (χ2v) is 6.02. The average Bonchev–Trinajstić information content (AvgIpc) is 3.35. The Balaban J connectivity index is 1.73. The van der Waals surface area contributed by atoms with Gasteiger partial charge in [-0.15, -0.1) is 0 Å². The predicted molar refractivity (Wildman–Crippen MR) is 89.6 cm³/mol. The summed E-state index contributed by atoms with van der Waals surface area (Å²) in [5.41, 5.74) is 1.22. The minimum Gasteiger partial charge on any atom is -0.481 e. The molecule has 5 nitrogen and oxygen atoms in total. The molecule has 1 aliphatic rings. The van der Waals surface area contributed by atoms with E-state index in [0.29, 0.717) is 24.3 Å². The first-order chi connectivity index (χ1) is 11.6. The Bertz CT molecular complexity index is 742. The van der Waals surface area contributed by atoms with Gasteiger partial charge in [-0.3, -0.25) is 9.59 Å². The molecule has 3 rings (SSSR count). The Kier molecular flexibility index (Phi) is 4.36. The van der Waals surface area contributed by atoms with E-state index in [2.05, 4.69) is 5.32 Å². The Morgan fingerprint density at radius 2 is 1.83 bits per heavy atom. The van der Waals surface area contributed by atoms with Gasteiger partial charge in [-0.1, -0.05) is 42.5 Å². The molecule has 5 heteroatoms. The fourth-order valence-corrected chi connectivity index (χ4v) is 3.07. The Labute approximate surface area is 140 Å². The van der Waals surface area contributed by atoms with Crippen molar-refractivity contribution in [2.75, 3.05) is 12.4 Å². The first-order valence-electron chi connectivity index (χ1n) is 7.75. The molecule has 1 fully saturated rings. The Hall–Kier alpha value is -2.66. The smallest absolute Gasteiger partial charge is 0.314 e. The molecule has 2 aromatic rings. The first kappa shape index (κ1) is 16.2. The van der Waals surface area contributed by atoms with Crippen LogP contribution in [0.4, 0.5) is 5.69 Å². The number of aliphatic carboxylic acids is 1. The number of carboxylic acids is 1. The molecular weight excluding hydrogens is 306 g/mol. The standard InChI is InChI=1S/C19H19NO4/c1-24-12-13-7-9-15(10-8-13)20-17(21)16-11-19(16,18(22)23)14-5-3-2-4-6-14/h2-10,16H,11-12H2,1H3,(H,20,21)(H,22,23)/t16-,19+/m0/s1. The summed E-state index contributed by atoms with van der Waals surface area (Å²) in [7, 11) is 1.62. The number of carbonyl (C=O) groups excluding carboxylic acids is 1. The summed E-state index contributed by atoms with van der Waals surface area (Å²) in [6.45, 7) is 0.507. The van der Waals surface area contributed by atoms with Crippen molar-refractivity contribution >= 4 is 17.6 Å². The van der Waals surface area contributed by atoms with Crippen LogP contribution in [0, 0.1) is 5.92 Å². The third kappa shape index (κ3) is 2.90. The van der Waals surface area contributed by atoms with E-state index in [0.717, 1.165) is 5.56 Å². The molecule has 1 amide bonds. The Morgan fingerprint density at radius 1 is 1.17 bits per heavy atom. The molecule has 0 spiro atoms. The fourth-order valence-electron chi connectivity index (χ4n) is 3.07. The third-order valence-electron chi connectivity index (χ3n) is 4.48. The van der Waals surface area contributed by atoms with E-state index < -0.39 is 17.3 Å². The van der Waals surface area contributed by atoms with Crippen molar-refractivity contribution < 1.29 is 19.4 Å². The lowest BCUT2D eigenvalue weighted by molar-refractivity contribution is -0.141. The van der Waals surface area contributed by atoms with E-state index in [-0.39, 0.29) is 5.91 Å². The second kappa shape index (κ2) is 6.45. The van der Waals surface area contributed by atoms with Gasteiger partial charge in [0.05, 0.1) is 12.5 Å². The van der Waals surface area contributed by atoms with E-state index in [4.69, 9.17) is 4.74 Å². The number of methoxy groups -OCH3 is 1. The van der Waals surface area contributed by atoms with Crippen LogP contribution in [0.2, 0.25) is 0 Å². The van der Waals surface area contributed by atoms with Crippen molar-refractivity contribution in [2.45, 2.75) is 18.4 Å². The number of anilines is 1. The third-order valence-corrected chi connectivity index (χ3v) is 4.48. The van der Waals surface area contributed by atoms with Crippen LogP contribution in [0.3, 0.4) is 0 Å². The van der Waals surface area contributed by atoms with Crippen LogP contribution < -0.4 is 5.32 Å². The van der Waals surface area contributed by atoms with Crippen LogP contribution in [0.15, 0.2) is 54.6 Å². The molecule has 0 bridgehead atoms. The summed E-state index contributed by atoms with van der Waals surface area (Å²) in [5.74, 6) is -1.78. The SMILES string of the molecule is COCc1ccc(NC(=O)[C@@H]2C[C@@]2(C(=O)O)c2ccccc2)cc1. The van der Waals surface area contributed by atoms with Gasteiger partial charge in [0, 0.05) is 12.8 Å². The maximum atomic E-state index is 12.5. The van der Waals surface area contributed by atoms with Crippen LogP contribution >= 0.6 is 0 Å². The maximum absolute atomic E-state index is 12.5. The lowest BCUT2D eigenvalue weighted by atomic mass is 9.93. The zero-order valence-corrected chi connectivity index (χ0v) is 13.4. The van der Waals surface area contributed by atoms with E-state index in [1.54, 1.807) is 43.5 Å². The predicted octanol–water partition coefficient (Wildman–Crippen LogP) is 2.81. The van der Waals surface area contributed by atoms with Gasteiger partial charge in [0.25, 0.3) is 0 Å². The highest BCUT2D eigenvalue weighted by Crippen LogP contribution is 2.55. The number of benzene rings is 2. The summed E-state index contributed by atoms with van der Waals surface area (Å²) < 4.78 is 5.05. The molecule has 0 heterocycles. The number of rotatable bonds is 6. The van der Waals surface area contributed by atoms with Crippen LogP contribution in [-0.4, -0.2) is 24.1 Å². The fraction of sp³-hybridized carbons (Fsp3) is 0.263. The highest BCUT2D eigenvalue weighted by Gasteiger charge is 2.65. The number of hydrogen-bond donors (Lipinski definition) is 2. The molecule has 2 N–H and O–H groups in total. The summed E-state index contributed by atoms with van der Waals surface area (Å²) >= 11 is 0. The normalized spacial score (nSPS) is 22.0. The molecule has 0 aliphatic heterocycles. The van der Waals surface area contributed by atoms with Crippen molar-refractivity contribution in [3.05, 3.63) is 65.7 Å². The number of carbonyl (C=O) groups is 2. The summed E-state index contributed by atoms with van der Waals surface area (Å²) in [5, 5.41) is 12.5. The van der Waals surface area contributed by atoms with Gasteiger partial charge in [0.1, 0.15) is 5.41 Å². The molecule has 2 atom stereocenters. The molecular formula is C19H19NO4. The van der Waals surface area contributed by atoms with Crippen molar-refractivity contribution in [3.8, 4) is 0 Å². The molecule has 0 aromatic heterocycles. The quantitative estimate of drug-likeness (QED) is 0.856. The zero-order valence-electron chi connectivity index (χ0n) is 13.4. The second-order valence-electron chi connectivity index (χ2n) is 6.02. The lowest BCUT2D eigenvalue weighted by Gasteiger charge is -2.13.